The molecule has 0 spiro atoms. The van der Waals surface area contributed by atoms with Crippen LogP contribution in [0.25, 0.3) is 0 Å². The summed E-state index contributed by atoms with van der Waals surface area (Å²) in [5.74, 6) is 1.79. The molecular formula is C19H22BrNO4. The van der Waals surface area contributed by atoms with E-state index in [2.05, 4.69) is 21.2 Å². The van der Waals surface area contributed by atoms with Gasteiger partial charge in [-0.3, -0.25) is 4.79 Å². The normalized spacial score (nSPS) is 10.4. The van der Waals surface area contributed by atoms with Crippen LogP contribution >= 0.6 is 15.9 Å². The summed E-state index contributed by atoms with van der Waals surface area (Å²) >= 11 is 3.35. The monoisotopic (exact) mass is 407 g/mol. The third-order valence-electron chi connectivity index (χ3n) is 3.26. The number of nitrogens with one attached hydrogen (secondary N) is 1. The molecule has 25 heavy (non-hydrogen) atoms. The summed E-state index contributed by atoms with van der Waals surface area (Å²) in [6.07, 6.45) is 0.0650. The molecule has 0 bridgehead atoms. The molecule has 2 rings (SSSR count). The van der Waals surface area contributed by atoms with Gasteiger partial charge in [0.1, 0.15) is 5.75 Å². The Morgan fingerprint density at radius 2 is 1.84 bits per heavy atom. The standard InChI is InChI=1S/C19H22BrNO4/c1-13(2)25-17-9-4-14(10-18(17)23-3)11-21-19(22)12-24-16-7-5-15(20)6-8-16/h4-10,13H,11-12H2,1-3H3,(H,21,22). The van der Waals surface area contributed by atoms with E-state index >= 15 is 0 Å². The van der Waals surface area contributed by atoms with Crippen molar-refractivity contribution < 1.29 is 19.0 Å². The Morgan fingerprint density at radius 3 is 2.48 bits per heavy atom. The van der Waals surface area contributed by atoms with Crippen LogP contribution in [-0.4, -0.2) is 25.7 Å². The van der Waals surface area contributed by atoms with Crippen LogP contribution in [0.3, 0.4) is 0 Å². The molecule has 0 radical (unpaired) electrons. The quantitative estimate of drug-likeness (QED) is 0.719. The molecule has 0 fully saturated rings. The van der Waals surface area contributed by atoms with Gasteiger partial charge < -0.3 is 19.5 Å². The highest BCUT2D eigenvalue weighted by atomic mass is 79.9. The molecular weight excluding hydrogens is 386 g/mol. The molecule has 0 atom stereocenters. The van der Waals surface area contributed by atoms with Gasteiger partial charge in [0.2, 0.25) is 0 Å². The highest BCUT2D eigenvalue weighted by Gasteiger charge is 2.09. The first-order valence-corrected chi connectivity index (χ1v) is 8.76. The second-order valence-corrected chi connectivity index (χ2v) is 6.59. The molecule has 0 saturated carbocycles. The lowest BCUT2D eigenvalue weighted by molar-refractivity contribution is -0.123. The van der Waals surface area contributed by atoms with Crippen molar-refractivity contribution in [3.63, 3.8) is 0 Å². The van der Waals surface area contributed by atoms with Crippen molar-refractivity contribution in [3.05, 3.63) is 52.5 Å². The number of carbonyl (C=O) groups excluding carboxylic acids is 1. The van der Waals surface area contributed by atoms with Gasteiger partial charge in [-0.15, -0.1) is 0 Å². The fourth-order valence-electron chi connectivity index (χ4n) is 2.10. The predicted molar refractivity (Wildman–Crippen MR) is 100 cm³/mol. The molecule has 1 amide bonds. The van der Waals surface area contributed by atoms with Gasteiger partial charge in [-0.1, -0.05) is 22.0 Å². The molecule has 5 nitrogen and oxygen atoms in total. The summed E-state index contributed by atoms with van der Waals surface area (Å²) < 4.78 is 17.4. The minimum atomic E-state index is -0.190. The fraction of sp³-hybridized carbons (Fsp3) is 0.316. The Bertz CT molecular complexity index is 701. The van der Waals surface area contributed by atoms with Gasteiger partial charge in [-0.05, 0) is 55.8 Å². The van der Waals surface area contributed by atoms with Crippen LogP contribution in [0.15, 0.2) is 46.9 Å². The lowest BCUT2D eigenvalue weighted by atomic mass is 10.2. The predicted octanol–water partition coefficient (Wildman–Crippen LogP) is 3.94. The van der Waals surface area contributed by atoms with Crippen molar-refractivity contribution in [2.24, 2.45) is 0 Å². The average molecular weight is 408 g/mol. The first-order chi connectivity index (χ1) is 12.0. The highest BCUT2D eigenvalue weighted by molar-refractivity contribution is 9.10. The van der Waals surface area contributed by atoms with E-state index in [0.29, 0.717) is 23.8 Å². The Balaban J connectivity index is 1.85. The van der Waals surface area contributed by atoms with Gasteiger partial charge in [0.25, 0.3) is 5.91 Å². The Labute approximate surface area is 156 Å². The van der Waals surface area contributed by atoms with Crippen molar-refractivity contribution in [3.8, 4) is 17.2 Å². The maximum absolute atomic E-state index is 11.9. The Kier molecular flexibility index (Phi) is 7.13. The first kappa shape index (κ1) is 19.1. The van der Waals surface area contributed by atoms with E-state index in [1.807, 2.05) is 44.2 Å². The first-order valence-electron chi connectivity index (χ1n) is 7.96. The summed E-state index contributed by atoms with van der Waals surface area (Å²) in [5.41, 5.74) is 0.921. The van der Waals surface area contributed by atoms with Crippen molar-refractivity contribution >= 4 is 21.8 Å². The van der Waals surface area contributed by atoms with E-state index in [1.54, 1.807) is 19.2 Å². The fourth-order valence-corrected chi connectivity index (χ4v) is 2.37. The molecule has 134 valence electrons. The molecule has 0 unspecified atom stereocenters. The van der Waals surface area contributed by atoms with E-state index in [0.717, 1.165) is 10.0 Å². The van der Waals surface area contributed by atoms with Gasteiger partial charge in [0.15, 0.2) is 18.1 Å². The molecule has 0 aliphatic carbocycles. The SMILES string of the molecule is COc1cc(CNC(=O)COc2ccc(Br)cc2)ccc1OC(C)C. The van der Waals surface area contributed by atoms with E-state index in [4.69, 9.17) is 14.2 Å². The summed E-state index contributed by atoms with van der Waals surface area (Å²) in [4.78, 5) is 11.9. The lowest BCUT2D eigenvalue weighted by Gasteiger charge is -2.15. The minimum absolute atomic E-state index is 0.0344. The van der Waals surface area contributed by atoms with Crippen LogP contribution < -0.4 is 19.5 Å². The van der Waals surface area contributed by atoms with Gasteiger partial charge in [-0.25, -0.2) is 0 Å². The number of rotatable bonds is 8. The van der Waals surface area contributed by atoms with Gasteiger partial charge in [0.05, 0.1) is 13.2 Å². The zero-order valence-electron chi connectivity index (χ0n) is 14.5. The van der Waals surface area contributed by atoms with E-state index < -0.39 is 0 Å². The summed E-state index contributed by atoms with van der Waals surface area (Å²) in [6, 6.07) is 12.9. The lowest BCUT2D eigenvalue weighted by Crippen LogP contribution is -2.28. The van der Waals surface area contributed by atoms with E-state index in [1.165, 1.54) is 0 Å². The van der Waals surface area contributed by atoms with Gasteiger partial charge >= 0.3 is 0 Å². The number of hydrogen-bond donors (Lipinski definition) is 1. The molecule has 0 heterocycles. The number of amides is 1. The number of methoxy groups -OCH3 is 1. The zero-order valence-corrected chi connectivity index (χ0v) is 16.1. The number of carbonyl (C=O) groups is 1. The summed E-state index contributed by atoms with van der Waals surface area (Å²) in [7, 11) is 1.59. The highest BCUT2D eigenvalue weighted by Crippen LogP contribution is 2.28. The van der Waals surface area contributed by atoms with E-state index in [9.17, 15) is 4.79 Å². The molecule has 2 aromatic carbocycles. The molecule has 0 aliphatic rings. The van der Waals surface area contributed by atoms with Crippen molar-refractivity contribution in [2.45, 2.75) is 26.5 Å². The van der Waals surface area contributed by atoms with Crippen molar-refractivity contribution in [1.82, 2.24) is 5.32 Å². The third-order valence-corrected chi connectivity index (χ3v) is 3.79. The second-order valence-electron chi connectivity index (χ2n) is 5.67. The topological polar surface area (TPSA) is 56.8 Å². The average Bonchev–Trinajstić information content (AvgIpc) is 2.60. The number of ether oxygens (including phenoxy) is 3. The van der Waals surface area contributed by atoms with Crippen molar-refractivity contribution in [2.75, 3.05) is 13.7 Å². The summed E-state index contributed by atoms with van der Waals surface area (Å²) in [6.45, 7) is 4.27. The smallest absolute Gasteiger partial charge is 0.258 e. The summed E-state index contributed by atoms with van der Waals surface area (Å²) in [5, 5.41) is 2.82. The van der Waals surface area contributed by atoms with Crippen molar-refractivity contribution in [1.29, 1.82) is 0 Å². The third kappa shape index (κ3) is 6.31. The van der Waals surface area contributed by atoms with Crippen LogP contribution in [0.1, 0.15) is 19.4 Å². The molecule has 2 aromatic rings. The number of hydrogen-bond acceptors (Lipinski definition) is 4. The Hall–Kier alpha value is -2.21. The van der Waals surface area contributed by atoms with Crippen LogP contribution in [-0.2, 0) is 11.3 Å². The zero-order chi connectivity index (χ0) is 18.2. The molecule has 1 N–H and O–H groups in total. The van der Waals surface area contributed by atoms with Crippen LogP contribution in [0.2, 0.25) is 0 Å². The number of benzene rings is 2. The largest absolute Gasteiger partial charge is 0.493 e. The maximum atomic E-state index is 11.9. The van der Waals surface area contributed by atoms with E-state index in [-0.39, 0.29) is 18.6 Å². The minimum Gasteiger partial charge on any atom is -0.493 e. The number of halogens is 1. The van der Waals surface area contributed by atoms with Crippen LogP contribution in [0.4, 0.5) is 0 Å². The molecule has 0 aliphatic heterocycles. The second kappa shape index (κ2) is 9.32. The van der Waals surface area contributed by atoms with Gasteiger partial charge in [0, 0.05) is 11.0 Å². The van der Waals surface area contributed by atoms with Gasteiger partial charge in [-0.2, -0.15) is 0 Å². The van der Waals surface area contributed by atoms with Crippen LogP contribution in [0, 0.1) is 0 Å². The Morgan fingerprint density at radius 1 is 1.12 bits per heavy atom. The van der Waals surface area contributed by atoms with Crippen LogP contribution in [0.5, 0.6) is 17.2 Å². The molecule has 6 heteroatoms. The molecule has 0 aromatic heterocycles. The maximum Gasteiger partial charge on any atom is 0.258 e. The molecule has 0 saturated heterocycles.